The van der Waals surface area contributed by atoms with E-state index in [0.717, 1.165) is 5.56 Å². The summed E-state index contributed by atoms with van der Waals surface area (Å²) in [5, 5.41) is 17.3. The molecule has 9 N–H and O–H groups in total. The lowest BCUT2D eigenvalue weighted by atomic mass is 10.1. The van der Waals surface area contributed by atoms with Gasteiger partial charge in [0.05, 0.1) is 19.1 Å². The van der Waals surface area contributed by atoms with E-state index in [9.17, 15) is 19.2 Å². The fraction of sp³-hybridized carbons (Fsp3) is 0.450. The molecule has 0 spiro atoms. The van der Waals surface area contributed by atoms with E-state index in [-0.39, 0.29) is 31.3 Å². The quantitative estimate of drug-likeness (QED) is 0.107. The monoisotopic (exact) mass is 433 g/mol. The summed E-state index contributed by atoms with van der Waals surface area (Å²) >= 11 is 0. The van der Waals surface area contributed by atoms with Crippen LogP contribution in [0, 0.1) is 5.41 Å². The molecule has 0 aliphatic carbocycles. The number of ketones is 1. The molecule has 0 bridgehead atoms. The van der Waals surface area contributed by atoms with Crippen LogP contribution in [0.3, 0.4) is 0 Å². The first-order chi connectivity index (χ1) is 14.7. The van der Waals surface area contributed by atoms with Gasteiger partial charge >= 0.3 is 0 Å². The lowest BCUT2D eigenvalue weighted by Gasteiger charge is -2.19. The lowest BCUT2D eigenvalue weighted by molar-refractivity contribution is -0.130. The summed E-state index contributed by atoms with van der Waals surface area (Å²) in [6.45, 7) is 1.14. The van der Waals surface area contributed by atoms with Crippen LogP contribution in [-0.2, 0) is 25.6 Å². The van der Waals surface area contributed by atoms with Crippen molar-refractivity contribution in [2.75, 3.05) is 19.6 Å². The van der Waals surface area contributed by atoms with Gasteiger partial charge in [-0.1, -0.05) is 30.3 Å². The fourth-order valence-corrected chi connectivity index (χ4v) is 2.75. The van der Waals surface area contributed by atoms with E-state index in [1.807, 2.05) is 30.3 Å². The summed E-state index contributed by atoms with van der Waals surface area (Å²) in [4.78, 5) is 48.2. The minimum atomic E-state index is -0.896. The number of hydrogen-bond acceptors (Lipinski definition) is 6. The molecule has 1 aromatic carbocycles. The van der Waals surface area contributed by atoms with Gasteiger partial charge in [0.15, 0.2) is 11.7 Å². The molecule has 3 amide bonds. The van der Waals surface area contributed by atoms with Crippen LogP contribution >= 0.6 is 0 Å². The lowest BCUT2D eigenvalue weighted by Crippen LogP contribution is -2.52. The van der Waals surface area contributed by atoms with Crippen molar-refractivity contribution in [2.24, 2.45) is 11.5 Å². The van der Waals surface area contributed by atoms with Gasteiger partial charge < -0.3 is 32.7 Å². The van der Waals surface area contributed by atoms with Gasteiger partial charge in [-0.15, -0.1) is 0 Å². The normalized spacial score (nSPS) is 12.2. The predicted molar refractivity (Wildman–Crippen MR) is 116 cm³/mol. The number of guanidine groups is 1. The molecule has 11 nitrogen and oxygen atoms in total. The van der Waals surface area contributed by atoms with Crippen molar-refractivity contribution in [3.05, 3.63) is 35.9 Å². The average Bonchev–Trinajstić information content (AvgIpc) is 2.73. The molecule has 11 heteroatoms. The van der Waals surface area contributed by atoms with Gasteiger partial charge in [0, 0.05) is 13.0 Å². The zero-order chi connectivity index (χ0) is 23.2. The van der Waals surface area contributed by atoms with Crippen LogP contribution in [0.2, 0.25) is 0 Å². The van der Waals surface area contributed by atoms with Gasteiger partial charge in [0.2, 0.25) is 17.7 Å². The maximum absolute atomic E-state index is 12.5. The van der Waals surface area contributed by atoms with Crippen molar-refractivity contribution in [2.45, 2.75) is 38.3 Å². The Balaban J connectivity index is 2.59. The van der Waals surface area contributed by atoms with Crippen LogP contribution in [-0.4, -0.2) is 61.2 Å². The third-order valence-corrected chi connectivity index (χ3v) is 4.35. The van der Waals surface area contributed by atoms with Gasteiger partial charge in [-0.05, 0) is 25.3 Å². The van der Waals surface area contributed by atoms with Crippen LogP contribution in [0.1, 0.15) is 25.3 Å². The highest BCUT2D eigenvalue weighted by Crippen LogP contribution is 2.04. The van der Waals surface area contributed by atoms with E-state index in [4.69, 9.17) is 16.9 Å². The summed E-state index contributed by atoms with van der Waals surface area (Å²) in [6.07, 6.45) is 1.11. The number of amides is 3. The first kappa shape index (κ1) is 25.6. The van der Waals surface area contributed by atoms with E-state index in [1.54, 1.807) is 0 Å². The van der Waals surface area contributed by atoms with E-state index >= 15 is 0 Å². The molecule has 0 heterocycles. The van der Waals surface area contributed by atoms with Gasteiger partial charge in [0.1, 0.15) is 6.04 Å². The van der Waals surface area contributed by atoms with Gasteiger partial charge in [-0.2, -0.15) is 0 Å². The Kier molecular flexibility index (Phi) is 11.3. The predicted octanol–water partition coefficient (Wildman–Crippen LogP) is -1.87. The van der Waals surface area contributed by atoms with Crippen LogP contribution in [0.4, 0.5) is 0 Å². The Morgan fingerprint density at radius 3 is 2.23 bits per heavy atom. The summed E-state index contributed by atoms with van der Waals surface area (Å²) < 4.78 is 0. The topological polar surface area (TPSA) is 192 Å². The van der Waals surface area contributed by atoms with Crippen LogP contribution in [0.5, 0.6) is 0 Å². The summed E-state index contributed by atoms with van der Waals surface area (Å²) in [5.41, 5.74) is 11.3. The fourth-order valence-electron chi connectivity index (χ4n) is 2.75. The third-order valence-electron chi connectivity index (χ3n) is 4.35. The molecule has 0 aliphatic heterocycles. The molecular weight excluding hydrogens is 402 g/mol. The Morgan fingerprint density at radius 1 is 1.00 bits per heavy atom. The van der Waals surface area contributed by atoms with Crippen molar-refractivity contribution in [3.63, 3.8) is 0 Å². The molecule has 0 saturated heterocycles. The highest BCUT2D eigenvalue weighted by Gasteiger charge is 2.22. The third kappa shape index (κ3) is 10.8. The minimum absolute atomic E-state index is 0.169. The second kappa shape index (κ2) is 13.7. The van der Waals surface area contributed by atoms with Crippen molar-refractivity contribution in [1.82, 2.24) is 21.3 Å². The standard InChI is InChI=1S/C20H31N7O4/c1-13(28)15(8-5-9-24-20(22)23)26-18(30)12-25-19(31)16(27-17(29)11-21)10-14-6-3-2-4-7-14/h2-4,6-7,15-16H,5,8-12,21H2,1H3,(H,25,31)(H,26,30)(H,27,29)(H4,22,23,24). The second-order valence-corrected chi connectivity index (χ2v) is 6.95. The highest BCUT2D eigenvalue weighted by atomic mass is 16.2. The number of carbonyl (C=O) groups is 4. The van der Waals surface area contributed by atoms with Crippen LogP contribution in [0.25, 0.3) is 0 Å². The number of carbonyl (C=O) groups excluding carboxylic acids is 4. The largest absolute Gasteiger partial charge is 0.370 e. The zero-order valence-electron chi connectivity index (χ0n) is 17.6. The first-order valence-electron chi connectivity index (χ1n) is 9.91. The number of Topliss-reactive ketones (excluding diaryl/α,β-unsaturated/α-hetero) is 1. The van der Waals surface area contributed by atoms with E-state index in [0.29, 0.717) is 19.4 Å². The van der Waals surface area contributed by atoms with Gasteiger partial charge in [-0.25, -0.2) is 0 Å². The van der Waals surface area contributed by atoms with Crippen molar-refractivity contribution in [3.8, 4) is 0 Å². The number of nitrogens with two attached hydrogens (primary N) is 2. The molecule has 2 unspecified atom stereocenters. The number of hydrogen-bond donors (Lipinski definition) is 7. The van der Waals surface area contributed by atoms with E-state index < -0.39 is 29.8 Å². The van der Waals surface area contributed by atoms with E-state index in [2.05, 4.69) is 21.3 Å². The molecule has 1 rings (SSSR count). The molecule has 0 aliphatic rings. The molecule has 31 heavy (non-hydrogen) atoms. The van der Waals surface area contributed by atoms with Crippen molar-refractivity contribution in [1.29, 1.82) is 5.41 Å². The van der Waals surface area contributed by atoms with Gasteiger partial charge in [-0.3, -0.25) is 24.6 Å². The van der Waals surface area contributed by atoms with Crippen molar-refractivity contribution >= 4 is 29.5 Å². The average molecular weight is 434 g/mol. The minimum Gasteiger partial charge on any atom is -0.370 e. The van der Waals surface area contributed by atoms with Crippen LogP contribution < -0.4 is 32.7 Å². The molecular formula is C20H31N7O4. The maximum Gasteiger partial charge on any atom is 0.243 e. The van der Waals surface area contributed by atoms with Crippen LogP contribution in [0.15, 0.2) is 30.3 Å². The van der Waals surface area contributed by atoms with Gasteiger partial charge in [0.25, 0.3) is 0 Å². The smallest absolute Gasteiger partial charge is 0.243 e. The summed E-state index contributed by atoms with van der Waals surface area (Å²) in [7, 11) is 0. The van der Waals surface area contributed by atoms with E-state index in [1.165, 1.54) is 6.92 Å². The molecule has 2 atom stereocenters. The highest BCUT2D eigenvalue weighted by molar-refractivity contribution is 5.92. The molecule has 170 valence electrons. The molecule has 0 saturated carbocycles. The van der Waals surface area contributed by atoms with Crippen molar-refractivity contribution < 1.29 is 19.2 Å². The second-order valence-electron chi connectivity index (χ2n) is 6.95. The Hall–Kier alpha value is -3.47. The maximum atomic E-state index is 12.5. The molecule has 0 radical (unpaired) electrons. The number of rotatable bonds is 13. The molecule has 0 fully saturated rings. The Labute approximate surface area is 181 Å². The summed E-state index contributed by atoms with van der Waals surface area (Å²) in [5.74, 6) is -1.95. The molecule has 0 aromatic heterocycles. The number of benzene rings is 1. The Morgan fingerprint density at radius 2 is 1.65 bits per heavy atom. The summed E-state index contributed by atoms with van der Waals surface area (Å²) in [6, 6.07) is 7.50. The molecule has 1 aromatic rings. The first-order valence-corrected chi connectivity index (χ1v) is 9.91. The number of nitrogens with one attached hydrogen (secondary N) is 5. The Bertz CT molecular complexity index is 770. The SMILES string of the molecule is CC(=O)C(CCCNC(=N)N)NC(=O)CNC(=O)C(Cc1ccccc1)NC(=O)CN. The zero-order valence-corrected chi connectivity index (χ0v) is 17.6.